The fraction of sp³-hybridized carbons (Fsp3) is 0.211. The average molecular weight is 337 g/mol. The zero-order valence-corrected chi connectivity index (χ0v) is 14.7. The lowest BCUT2D eigenvalue weighted by Gasteiger charge is -2.14. The second kappa shape index (κ2) is 6.93. The zero-order chi connectivity index (χ0) is 17.1. The largest absolute Gasteiger partial charge is 0.344 e. The van der Waals surface area contributed by atoms with Crippen molar-refractivity contribution in [1.29, 1.82) is 0 Å². The van der Waals surface area contributed by atoms with Crippen molar-refractivity contribution < 1.29 is 4.79 Å². The highest BCUT2D eigenvalue weighted by molar-refractivity contribution is 7.09. The van der Waals surface area contributed by atoms with E-state index in [4.69, 9.17) is 0 Å². The Balaban J connectivity index is 1.71. The Morgan fingerprint density at radius 3 is 2.46 bits per heavy atom. The lowest BCUT2D eigenvalue weighted by Crippen LogP contribution is -2.27. The van der Waals surface area contributed by atoms with Crippen LogP contribution in [0.25, 0.3) is 11.3 Å². The van der Waals surface area contributed by atoms with Gasteiger partial charge >= 0.3 is 0 Å². The molecule has 2 aromatic heterocycles. The van der Waals surface area contributed by atoms with Crippen molar-refractivity contribution in [2.75, 3.05) is 0 Å². The van der Waals surface area contributed by atoms with Gasteiger partial charge in [-0.05, 0) is 38.5 Å². The number of nitrogens with zero attached hydrogens (tertiary/aromatic N) is 2. The van der Waals surface area contributed by atoms with Crippen molar-refractivity contribution in [2.45, 2.75) is 26.8 Å². The molecule has 0 saturated carbocycles. The van der Waals surface area contributed by atoms with Crippen LogP contribution in [0.5, 0.6) is 0 Å². The summed E-state index contributed by atoms with van der Waals surface area (Å²) in [5.74, 6) is -0.162. The van der Waals surface area contributed by atoms with E-state index in [1.54, 1.807) is 17.4 Å². The first-order valence-corrected chi connectivity index (χ1v) is 8.68. The second-order valence-corrected chi connectivity index (χ2v) is 6.80. The minimum absolute atomic E-state index is 0.0916. The number of pyridine rings is 1. The van der Waals surface area contributed by atoms with Crippen LogP contribution in [0.15, 0.2) is 47.8 Å². The average Bonchev–Trinajstić information content (AvgIpc) is 3.01. The van der Waals surface area contributed by atoms with E-state index in [0.29, 0.717) is 5.69 Å². The number of carbonyl (C=O) groups excluding carboxylic acids is 1. The van der Waals surface area contributed by atoms with E-state index in [2.05, 4.69) is 20.7 Å². The highest BCUT2D eigenvalue weighted by atomic mass is 32.1. The number of aryl methyl sites for hydroxylation is 2. The van der Waals surface area contributed by atoms with Crippen LogP contribution in [-0.2, 0) is 0 Å². The molecule has 0 aliphatic carbocycles. The molecule has 1 atom stereocenters. The lowest BCUT2D eigenvalue weighted by molar-refractivity contribution is 0.0934. The molecule has 0 saturated heterocycles. The number of aromatic nitrogens is 2. The van der Waals surface area contributed by atoms with E-state index >= 15 is 0 Å². The summed E-state index contributed by atoms with van der Waals surface area (Å²) >= 11 is 1.64. The molecule has 1 aromatic carbocycles. The summed E-state index contributed by atoms with van der Waals surface area (Å²) in [4.78, 5) is 21.0. The molecule has 2 heterocycles. The standard InChI is InChI=1S/C19H19N3OS/c1-12-5-4-6-17(20-12)19(23)21-13(2)15-7-9-16(10-8-15)18-11-24-14(3)22-18/h4-11,13H,1-3H3,(H,21,23)/t13-/m1/s1. The minimum atomic E-state index is -0.162. The van der Waals surface area contributed by atoms with Gasteiger partial charge in [-0.3, -0.25) is 4.79 Å². The number of hydrogen-bond donors (Lipinski definition) is 1. The molecule has 3 rings (SSSR count). The van der Waals surface area contributed by atoms with E-state index in [1.807, 2.05) is 57.2 Å². The normalized spacial score (nSPS) is 12.0. The van der Waals surface area contributed by atoms with Gasteiger partial charge in [0.25, 0.3) is 5.91 Å². The molecule has 122 valence electrons. The van der Waals surface area contributed by atoms with Crippen molar-refractivity contribution >= 4 is 17.2 Å². The van der Waals surface area contributed by atoms with Crippen molar-refractivity contribution in [1.82, 2.24) is 15.3 Å². The summed E-state index contributed by atoms with van der Waals surface area (Å²) in [6.45, 7) is 5.84. The van der Waals surface area contributed by atoms with Crippen LogP contribution < -0.4 is 5.32 Å². The van der Waals surface area contributed by atoms with Crippen LogP contribution in [0.1, 0.15) is 39.7 Å². The van der Waals surface area contributed by atoms with Crippen LogP contribution in [0, 0.1) is 13.8 Å². The van der Waals surface area contributed by atoms with Crippen molar-refractivity contribution in [2.24, 2.45) is 0 Å². The molecule has 0 fully saturated rings. The first-order chi connectivity index (χ1) is 11.5. The Labute approximate surface area is 145 Å². The molecular formula is C19H19N3OS. The SMILES string of the molecule is Cc1cccc(C(=O)N[C@H](C)c2ccc(-c3csc(C)n3)cc2)n1. The predicted molar refractivity (Wildman–Crippen MR) is 97.1 cm³/mol. The van der Waals surface area contributed by atoms with Crippen LogP contribution in [0.3, 0.4) is 0 Å². The van der Waals surface area contributed by atoms with Gasteiger partial charge in [0.2, 0.25) is 0 Å². The number of hydrogen-bond acceptors (Lipinski definition) is 4. The molecule has 1 amide bonds. The fourth-order valence-corrected chi connectivity index (χ4v) is 3.08. The molecule has 0 unspecified atom stereocenters. The van der Waals surface area contributed by atoms with Gasteiger partial charge in [-0.15, -0.1) is 11.3 Å². The van der Waals surface area contributed by atoms with Gasteiger partial charge < -0.3 is 5.32 Å². The van der Waals surface area contributed by atoms with Gasteiger partial charge in [-0.2, -0.15) is 0 Å². The topological polar surface area (TPSA) is 54.9 Å². The van der Waals surface area contributed by atoms with Crippen LogP contribution >= 0.6 is 11.3 Å². The van der Waals surface area contributed by atoms with Gasteiger partial charge in [0.05, 0.1) is 16.7 Å². The Morgan fingerprint density at radius 1 is 1.08 bits per heavy atom. The predicted octanol–water partition coefficient (Wildman–Crippen LogP) is 4.31. The van der Waals surface area contributed by atoms with Crippen molar-refractivity contribution in [3.63, 3.8) is 0 Å². The first-order valence-electron chi connectivity index (χ1n) is 7.80. The Kier molecular flexibility index (Phi) is 4.71. The lowest BCUT2D eigenvalue weighted by atomic mass is 10.0. The number of rotatable bonds is 4. The van der Waals surface area contributed by atoms with E-state index in [9.17, 15) is 4.79 Å². The molecule has 3 aromatic rings. The van der Waals surface area contributed by atoms with E-state index in [1.165, 1.54) is 0 Å². The molecule has 0 spiro atoms. The quantitative estimate of drug-likeness (QED) is 0.771. The molecule has 5 heteroatoms. The Hall–Kier alpha value is -2.53. The van der Waals surface area contributed by atoms with Crippen molar-refractivity contribution in [3.8, 4) is 11.3 Å². The van der Waals surface area contributed by atoms with E-state index in [-0.39, 0.29) is 11.9 Å². The maximum atomic E-state index is 12.3. The summed E-state index contributed by atoms with van der Waals surface area (Å²) in [7, 11) is 0. The number of thiazole rings is 1. The molecule has 24 heavy (non-hydrogen) atoms. The molecular weight excluding hydrogens is 318 g/mol. The maximum Gasteiger partial charge on any atom is 0.270 e. The van der Waals surface area contributed by atoms with Gasteiger partial charge in [-0.25, -0.2) is 9.97 Å². The fourth-order valence-electron chi connectivity index (χ4n) is 2.46. The Bertz CT molecular complexity index is 855. The first kappa shape index (κ1) is 16.3. The summed E-state index contributed by atoms with van der Waals surface area (Å²) < 4.78 is 0. The van der Waals surface area contributed by atoms with Crippen LogP contribution in [0.4, 0.5) is 0 Å². The van der Waals surface area contributed by atoms with Crippen molar-refractivity contribution in [3.05, 3.63) is 69.8 Å². The molecule has 0 aliphatic rings. The third-order valence-corrected chi connectivity index (χ3v) is 4.57. The highest BCUT2D eigenvalue weighted by Crippen LogP contribution is 2.23. The maximum absolute atomic E-state index is 12.3. The smallest absolute Gasteiger partial charge is 0.270 e. The third-order valence-electron chi connectivity index (χ3n) is 3.79. The second-order valence-electron chi connectivity index (χ2n) is 5.73. The van der Waals surface area contributed by atoms with Gasteiger partial charge in [0, 0.05) is 16.6 Å². The molecule has 0 bridgehead atoms. The van der Waals surface area contributed by atoms with Gasteiger partial charge in [0.15, 0.2) is 0 Å². The summed E-state index contributed by atoms with van der Waals surface area (Å²) in [5.41, 5.74) is 4.40. The van der Waals surface area contributed by atoms with Crippen LogP contribution in [0.2, 0.25) is 0 Å². The monoisotopic (exact) mass is 337 g/mol. The third kappa shape index (κ3) is 3.68. The molecule has 1 N–H and O–H groups in total. The molecule has 0 radical (unpaired) electrons. The molecule has 0 aliphatic heterocycles. The number of nitrogens with one attached hydrogen (secondary N) is 1. The number of amides is 1. The zero-order valence-electron chi connectivity index (χ0n) is 13.9. The minimum Gasteiger partial charge on any atom is -0.344 e. The summed E-state index contributed by atoms with van der Waals surface area (Å²) in [6, 6.07) is 13.5. The van der Waals surface area contributed by atoms with Gasteiger partial charge in [0.1, 0.15) is 5.69 Å². The molecule has 4 nitrogen and oxygen atoms in total. The number of carbonyl (C=O) groups is 1. The Morgan fingerprint density at radius 2 is 1.83 bits per heavy atom. The summed E-state index contributed by atoms with van der Waals surface area (Å²) in [5, 5.41) is 6.10. The van der Waals surface area contributed by atoms with E-state index < -0.39 is 0 Å². The highest BCUT2D eigenvalue weighted by Gasteiger charge is 2.13. The number of benzene rings is 1. The van der Waals surface area contributed by atoms with Gasteiger partial charge in [-0.1, -0.05) is 30.3 Å². The van der Waals surface area contributed by atoms with Crippen LogP contribution in [-0.4, -0.2) is 15.9 Å². The summed E-state index contributed by atoms with van der Waals surface area (Å²) in [6.07, 6.45) is 0. The van der Waals surface area contributed by atoms with E-state index in [0.717, 1.165) is 27.5 Å².